The van der Waals surface area contributed by atoms with Crippen LogP contribution in [0.2, 0.25) is 0 Å². The monoisotopic (exact) mass is 237 g/mol. The number of nitrogens with zero attached hydrogens (tertiary/aromatic N) is 2. The maximum absolute atomic E-state index is 6.06. The molecule has 0 aromatic carbocycles. The van der Waals surface area contributed by atoms with Gasteiger partial charge in [0, 0.05) is 18.6 Å². The molecule has 2 heterocycles. The van der Waals surface area contributed by atoms with Gasteiger partial charge in [-0.3, -0.25) is 0 Å². The number of nitrogens with two attached hydrogens (primary N) is 1. The van der Waals surface area contributed by atoms with Gasteiger partial charge in [0.2, 0.25) is 5.89 Å². The minimum absolute atomic E-state index is 0.0619. The van der Waals surface area contributed by atoms with Gasteiger partial charge in [0.05, 0.1) is 12.5 Å². The molecule has 1 saturated carbocycles. The smallest absolute Gasteiger partial charge is 0.233 e. The highest BCUT2D eigenvalue weighted by molar-refractivity contribution is 5.15. The van der Waals surface area contributed by atoms with E-state index in [4.69, 9.17) is 15.0 Å². The zero-order chi connectivity index (χ0) is 12.0. The Balaban J connectivity index is 1.76. The molecule has 2 fully saturated rings. The molecule has 1 aromatic heterocycles. The van der Waals surface area contributed by atoms with Gasteiger partial charge in [0.25, 0.3) is 0 Å². The molecule has 0 spiro atoms. The van der Waals surface area contributed by atoms with Gasteiger partial charge >= 0.3 is 0 Å². The number of hydrogen-bond donors (Lipinski definition) is 1. The SMILES string of the molecule is CC1(C)CC1c1noc(C2COCCC2N)n1. The van der Waals surface area contributed by atoms with Crippen molar-refractivity contribution in [2.24, 2.45) is 11.1 Å². The van der Waals surface area contributed by atoms with Crippen LogP contribution in [-0.2, 0) is 4.74 Å². The third-order valence-corrected chi connectivity index (χ3v) is 4.01. The van der Waals surface area contributed by atoms with E-state index in [1.165, 1.54) is 0 Å². The summed E-state index contributed by atoms with van der Waals surface area (Å²) in [7, 11) is 0. The summed E-state index contributed by atoms with van der Waals surface area (Å²) >= 11 is 0. The summed E-state index contributed by atoms with van der Waals surface area (Å²) in [5, 5.41) is 4.09. The lowest BCUT2D eigenvalue weighted by Crippen LogP contribution is -2.37. The highest BCUT2D eigenvalue weighted by Crippen LogP contribution is 2.57. The lowest BCUT2D eigenvalue weighted by molar-refractivity contribution is 0.0590. The summed E-state index contributed by atoms with van der Waals surface area (Å²) in [6.07, 6.45) is 2.00. The van der Waals surface area contributed by atoms with Crippen LogP contribution in [0.1, 0.15) is 50.2 Å². The van der Waals surface area contributed by atoms with Crippen LogP contribution in [-0.4, -0.2) is 29.4 Å². The molecule has 1 aliphatic carbocycles. The van der Waals surface area contributed by atoms with E-state index in [-0.39, 0.29) is 12.0 Å². The molecule has 3 atom stereocenters. The summed E-state index contributed by atoms with van der Waals surface area (Å²) in [5.41, 5.74) is 6.38. The van der Waals surface area contributed by atoms with Crippen molar-refractivity contribution in [3.63, 3.8) is 0 Å². The first-order chi connectivity index (χ1) is 8.08. The summed E-state index contributed by atoms with van der Waals surface area (Å²) in [4.78, 5) is 4.50. The standard InChI is InChI=1S/C12H19N3O2/c1-12(2)5-8(12)10-14-11(17-15-10)7-6-16-4-3-9(7)13/h7-9H,3-6,13H2,1-2H3. The average molecular weight is 237 g/mol. The number of ether oxygens (including phenoxy) is 1. The van der Waals surface area contributed by atoms with Gasteiger partial charge in [0.15, 0.2) is 5.82 Å². The van der Waals surface area contributed by atoms with Crippen molar-refractivity contribution in [3.05, 3.63) is 11.7 Å². The van der Waals surface area contributed by atoms with Crippen LogP contribution in [0.25, 0.3) is 0 Å². The molecule has 1 aliphatic heterocycles. The fraction of sp³-hybridized carbons (Fsp3) is 0.833. The second-order valence-electron chi connectivity index (χ2n) is 5.87. The Morgan fingerprint density at radius 1 is 1.41 bits per heavy atom. The highest BCUT2D eigenvalue weighted by Gasteiger charge is 2.49. The maximum atomic E-state index is 6.06. The van der Waals surface area contributed by atoms with Crippen LogP contribution in [0, 0.1) is 5.41 Å². The fourth-order valence-electron chi connectivity index (χ4n) is 2.46. The van der Waals surface area contributed by atoms with Crippen LogP contribution < -0.4 is 5.73 Å². The minimum atomic E-state index is 0.0619. The zero-order valence-corrected chi connectivity index (χ0v) is 10.3. The van der Waals surface area contributed by atoms with E-state index in [0.29, 0.717) is 23.8 Å². The van der Waals surface area contributed by atoms with E-state index >= 15 is 0 Å². The Kier molecular flexibility index (Phi) is 2.48. The maximum Gasteiger partial charge on any atom is 0.233 e. The molecule has 2 aliphatic rings. The van der Waals surface area contributed by atoms with Crippen LogP contribution >= 0.6 is 0 Å². The molecule has 1 aromatic rings. The second kappa shape index (κ2) is 3.78. The molecular weight excluding hydrogens is 218 g/mol. The van der Waals surface area contributed by atoms with Crippen LogP contribution in [0.3, 0.4) is 0 Å². The van der Waals surface area contributed by atoms with Crippen LogP contribution in [0.4, 0.5) is 0 Å². The van der Waals surface area contributed by atoms with Crippen molar-refractivity contribution in [3.8, 4) is 0 Å². The van der Waals surface area contributed by atoms with Crippen molar-refractivity contribution in [1.82, 2.24) is 10.1 Å². The van der Waals surface area contributed by atoms with Crippen LogP contribution in [0.5, 0.6) is 0 Å². The molecular formula is C12H19N3O2. The van der Waals surface area contributed by atoms with E-state index in [0.717, 1.165) is 25.3 Å². The third kappa shape index (κ3) is 1.98. The lowest BCUT2D eigenvalue weighted by atomic mass is 9.97. The Morgan fingerprint density at radius 3 is 2.82 bits per heavy atom. The Labute approximate surface area is 101 Å². The quantitative estimate of drug-likeness (QED) is 0.841. The summed E-state index contributed by atoms with van der Waals surface area (Å²) in [6.45, 7) is 5.78. The molecule has 17 heavy (non-hydrogen) atoms. The molecule has 94 valence electrons. The Hall–Kier alpha value is -0.940. The van der Waals surface area contributed by atoms with Gasteiger partial charge in [-0.15, -0.1) is 0 Å². The second-order valence-corrected chi connectivity index (χ2v) is 5.87. The molecule has 2 N–H and O–H groups in total. The predicted octanol–water partition coefficient (Wildman–Crippen LogP) is 1.41. The normalized spacial score (nSPS) is 35.8. The summed E-state index contributed by atoms with van der Waals surface area (Å²) < 4.78 is 10.8. The fourth-order valence-corrected chi connectivity index (χ4v) is 2.46. The zero-order valence-electron chi connectivity index (χ0n) is 10.3. The first-order valence-electron chi connectivity index (χ1n) is 6.25. The molecule has 3 rings (SSSR count). The lowest BCUT2D eigenvalue weighted by Gasteiger charge is -2.25. The van der Waals surface area contributed by atoms with Gasteiger partial charge in [-0.1, -0.05) is 19.0 Å². The molecule has 5 nitrogen and oxygen atoms in total. The van der Waals surface area contributed by atoms with Crippen molar-refractivity contribution in [2.75, 3.05) is 13.2 Å². The average Bonchev–Trinajstić information content (AvgIpc) is 2.76. The number of rotatable bonds is 2. The van der Waals surface area contributed by atoms with Crippen molar-refractivity contribution in [1.29, 1.82) is 0 Å². The predicted molar refractivity (Wildman–Crippen MR) is 61.6 cm³/mol. The molecule has 0 radical (unpaired) electrons. The first-order valence-corrected chi connectivity index (χ1v) is 6.25. The number of hydrogen-bond acceptors (Lipinski definition) is 5. The van der Waals surface area contributed by atoms with Crippen LogP contribution in [0.15, 0.2) is 4.52 Å². The topological polar surface area (TPSA) is 74.2 Å². The van der Waals surface area contributed by atoms with Gasteiger partial charge < -0.3 is 15.0 Å². The number of aromatic nitrogens is 2. The third-order valence-electron chi connectivity index (χ3n) is 4.01. The molecule has 3 unspecified atom stereocenters. The van der Waals surface area contributed by atoms with Gasteiger partial charge in [-0.05, 0) is 18.3 Å². The summed E-state index contributed by atoms with van der Waals surface area (Å²) in [6, 6.07) is 0.0734. The molecule has 1 saturated heterocycles. The van der Waals surface area contributed by atoms with E-state index < -0.39 is 0 Å². The van der Waals surface area contributed by atoms with E-state index in [9.17, 15) is 0 Å². The Morgan fingerprint density at radius 2 is 2.18 bits per heavy atom. The Bertz CT molecular complexity index is 416. The molecule has 0 amide bonds. The highest BCUT2D eigenvalue weighted by atomic mass is 16.5. The van der Waals surface area contributed by atoms with Gasteiger partial charge in [-0.2, -0.15) is 4.98 Å². The van der Waals surface area contributed by atoms with Crippen molar-refractivity contribution in [2.45, 2.75) is 44.6 Å². The van der Waals surface area contributed by atoms with Crippen molar-refractivity contribution >= 4 is 0 Å². The van der Waals surface area contributed by atoms with Gasteiger partial charge in [0.1, 0.15) is 0 Å². The van der Waals surface area contributed by atoms with Crippen molar-refractivity contribution < 1.29 is 9.26 Å². The van der Waals surface area contributed by atoms with Gasteiger partial charge in [-0.25, -0.2) is 0 Å². The first kappa shape index (κ1) is 11.2. The molecule has 5 heteroatoms. The molecule has 0 bridgehead atoms. The van der Waals surface area contributed by atoms with E-state index in [1.54, 1.807) is 0 Å². The minimum Gasteiger partial charge on any atom is -0.381 e. The van der Waals surface area contributed by atoms with E-state index in [1.807, 2.05) is 0 Å². The van der Waals surface area contributed by atoms with E-state index in [2.05, 4.69) is 24.0 Å². The largest absolute Gasteiger partial charge is 0.381 e. The summed E-state index contributed by atoms with van der Waals surface area (Å²) in [5.74, 6) is 1.99.